The molecule has 0 radical (unpaired) electrons. The molecule has 17 heavy (non-hydrogen) atoms. The van der Waals surface area contributed by atoms with Crippen LogP contribution in [0.3, 0.4) is 0 Å². The molecule has 0 heterocycles. The van der Waals surface area contributed by atoms with Crippen molar-refractivity contribution in [3.8, 4) is 0 Å². The first-order valence-electron chi connectivity index (χ1n) is 5.63. The van der Waals surface area contributed by atoms with E-state index in [1.165, 1.54) is 5.23 Å². The van der Waals surface area contributed by atoms with Crippen molar-refractivity contribution in [2.45, 2.75) is 32.4 Å². The first kappa shape index (κ1) is 16.3. The van der Waals surface area contributed by atoms with Gasteiger partial charge in [0.25, 0.3) is 0 Å². The van der Waals surface area contributed by atoms with Gasteiger partial charge in [0.2, 0.25) is 0 Å². The molecule has 2 N–H and O–H groups in total. The second-order valence-electron chi connectivity index (χ2n) is 3.26. The van der Waals surface area contributed by atoms with Crippen LogP contribution in [-0.2, 0) is 14.6 Å². The van der Waals surface area contributed by atoms with Crippen LogP contribution in [-0.4, -0.2) is 31.7 Å². The Bertz CT molecular complexity index is 230. The Hall–Kier alpha value is -0.720. The van der Waals surface area contributed by atoms with Crippen molar-refractivity contribution in [3.63, 3.8) is 0 Å². The van der Waals surface area contributed by atoms with Crippen LogP contribution in [0.15, 0.2) is 18.4 Å². The van der Waals surface area contributed by atoms with Gasteiger partial charge in [0.15, 0.2) is 5.72 Å². The van der Waals surface area contributed by atoms with Crippen LogP contribution in [0.25, 0.3) is 0 Å². The second-order valence-corrected chi connectivity index (χ2v) is 3.26. The highest BCUT2D eigenvalue weighted by Crippen LogP contribution is 2.24. The lowest BCUT2D eigenvalue weighted by atomic mass is 10.1. The number of ether oxygens (including phenoxy) is 1. The second kappa shape index (κ2) is 9.32. The molecule has 0 rings (SSSR count). The summed E-state index contributed by atoms with van der Waals surface area (Å²) in [6.45, 7) is 7.91. The summed E-state index contributed by atoms with van der Waals surface area (Å²) in [6.07, 6.45) is 3.12. The monoisotopic (exact) mass is 245 g/mol. The largest absolute Gasteiger partial charge is 0.359 e. The van der Waals surface area contributed by atoms with E-state index in [4.69, 9.17) is 14.6 Å². The maximum absolute atomic E-state index is 5.47. The summed E-state index contributed by atoms with van der Waals surface area (Å²) in [5.41, 5.74) is 7.25. The molecule has 0 aliphatic heterocycles. The molecule has 0 saturated heterocycles. The van der Waals surface area contributed by atoms with E-state index in [-0.39, 0.29) is 0 Å². The first-order chi connectivity index (χ1) is 8.20. The lowest BCUT2D eigenvalue weighted by molar-refractivity contribution is -0.491. The molecule has 0 fully saturated rings. The van der Waals surface area contributed by atoms with Crippen LogP contribution in [0, 0.1) is 0 Å². The van der Waals surface area contributed by atoms with E-state index in [0.717, 1.165) is 0 Å². The standard InChI is InChI=1S/C11H23N3O3/c1-6-9-10-13-17-14(16-12-4)11(7-2,8-3)15-5/h9,12-13H,1,7-8,10H2,2-5H3. The third-order valence-corrected chi connectivity index (χ3v) is 2.47. The third kappa shape index (κ3) is 4.97. The van der Waals surface area contributed by atoms with Crippen LogP contribution in [0.2, 0.25) is 0 Å². The highest BCUT2D eigenvalue weighted by Gasteiger charge is 2.37. The van der Waals surface area contributed by atoms with Gasteiger partial charge >= 0.3 is 0 Å². The van der Waals surface area contributed by atoms with Crippen LogP contribution in [0.4, 0.5) is 0 Å². The lowest BCUT2D eigenvalue weighted by Crippen LogP contribution is -2.53. The molecule has 0 saturated carbocycles. The van der Waals surface area contributed by atoms with E-state index in [1.807, 2.05) is 13.8 Å². The van der Waals surface area contributed by atoms with Crippen molar-refractivity contribution in [1.29, 1.82) is 0 Å². The molecule has 0 unspecified atom stereocenters. The number of nitrogens with zero attached hydrogens (tertiary/aromatic N) is 1. The topological polar surface area (TPSA) is 55.0 Å². The van der Waals surface area contributed by atoms with Gasteiger partial charge in [-0.1, -0.05) is 20.4 Å². The van der Waals surface area contributed by atoms with Gasteiger partial charge in [-0.3, -0.25) is 0 Å². The molecular weight excluding hydrogens is 222 g/mol. The summed E-state index contributed by atoms with van der Waals surface area (Å²) in [5, 5.41) is 1.27. The van der Waals surface area contributed by atoms with Gasteiger partial charge in [-0.25, -0.2) is 0 Å². The number of rotatable bonds is 10. The van der Waals surface area contributed by atoms with Crippen molar-refractivity contribution in [2.75, 3.05) is 20.7 Å². The minimum atomic E-state index is -0.645. The van der Waals surface area contributed by atoms with E-state index in [0.29, 0.717) is 19.4 Å². The minimum Gasteiger partial charge on any atom is -0.359 e. The number of hydrogen-bond acceptors (Lipinski definition) is 6. The highest BCUT2D eigenvalue weighted by molar-refractivity contribution is 4.76. The van der Waals surface area contributed by atoms with Crippen molar-refractivity contribution in [1.82, 2.24) is 16.2 Å². The van der Waals surface area contributed by atoms with E-state index in [1.54, 1.807) is 20.2 Å². The predicted octanol–water partition coefficient (Wildman–Crippen LogP) is 1.29. The Morgan fingerprint density at radius 2 is 2.00 bits per heavy atom. The number of hydrogen-bond donors (Lipinski definition) is 2. The van der Waals surface area contributed by atoms with Gasteiger partial charge < -0.3 is 4.74 Å². The van der Waals surface area contributed by atoms with Gasteiger partial charge in [-0.15, -0.1) is 5.73 Å². The molecule has 0 amide bonds. The van der Waals surface area contributed by atoms with Crippen LogP contribution in [0.1, 0.15) is 26.7 Å². The third-order valence-electron chi connectivity index (χ3n) is 2.47. The molecular formula is C11H23N3O3. The smallest absolute Gasteiger partial charge is 0.173 e. The molecule has 100 valence electrons. The van der Waals surface area contributed by atoms with Gasteiger partial charge in [-0.2, -0.15) is 20.8 Å². The summed E-state index contributed by atoms with van der Waals surface area (Å²) in [6, 6.07) is 0. The number of methoxy groups -OCH3 is 1. The van der Waals surface area contributed by atoms with Crippen LogP contribution < -0.4 is 11.0 Å². The maximum atomic E-state index is 5.47. The lowest BCUT2D eigenvalue weighted by Gasteiger charge is -2.37. The molecule has 0 aromatic heterocycles. The molecule has 0 aromatic carbocycles. The van der Waals surface area contributed by atoms with Crippen molar-refractivity contribution < 1.29 is 14.6 Å². The molecule has 0 spiro atoms. The Balaban J connectivity index is 4.50. The molecule has 0 aromatic rings. The zero-order valence-electron chi connectivity index (χ0n) is 11.1. The minimum absolute atomic E-state index is 0.473. The summed E-state index contributed by atoms with van der Waals surface area (Å²) in [4.78, 5) is 10.5. The van der Waals surface area contributed by atoms with Gasteiger partial charge in [-0.05, 0) is 18.9 Å². The normalized spacial score (nSPS) is 11.6. The van der Waals surface area contributed by atoms with Gasteiger partial charge in [0.1, 0.15) is 0 Å². The van der Waals surface area contributed by atoms with E-state index in [2.05, 4.69) is 23.3 Å². The van der Waals surface area contributed by atoms with Crippen molar-refractivity contribution in [2.24, 2.45) is 0 Å². The predicted molar refractivity (Wildman–Crippen MR) is 65.1 cm³/mol. The first-order valence-corrected chi connectivity index (χ1v) is 5.63. The Kier molecular flexibility index (Phi) is 8.93. The fraction of sp³-hybridized carbons (Fsp3) is 0.727. The van der Waals surface area contributed by atoms with Crippen LogP contribution in [0.5, 0.6) is 0 Å². The van der Waals surface area contributed by atoms with Gasteiger partial charge in [0, 0.05) is 25.9 Å². The van der Waals surface area contributed by atoms with E-state index < -0.39 is 5.72 Å². The fourth-order valence-corrected chi connectivity index (χ4v) is 1.35. The molecule has 6 nitrogen and oxygen atoms in total. The number of nitrogens with one attached hydrogen (secondary N) is 2. The summed E-state index contributed by atoms with van der Waals surface area (Å²) in [5.74, 6) is 0. The Labute approximate surface area is 103 Å². The Morgan fingerprint density at radius 1 is 1.35 bits per heavy atom. The van der Waals surface area contributed by atoms with E-state index >= 15 is 0 Å². The SMILES string of the molecule is C=C=CCNON(ONC)C(CC)(CC)OC. The molecule has 6 heteroatoms. The summed E-state index contributed by atoms with van der Waals surface area (Å²) >= 11 is 0. The van der Waals surface area contributed by atoms with Crippen molar-refractivity contribution in [3.05, 3.63) is 18.4 Å². The number of hydroxylamine groups is 4. The van der Waals surface area contributed by atoms with E-state index in [9.17, 15) is 0 Å². The van der Waals surface area contributed by atoms with Crippen LogP contribution >= 0.6 is 0 Å². The summed E-state index contributed by atoms with van der Waals surface area (Å²) in [7, 11) is 3.26. The van der Waals surface area contributed by atoms with Gasteiger partial charge in [0.05, 0.1) is 0 Å². The zero-order chi connectivity index (χ0) is 13.1. The molecule has 0 aliphatic carbocycles. The molecule has 0 bridgehead atoms. The average molecular weight is 245 g/mol. The molecule has 0 aliphatic rings. The highest BCUT2D eigenvalue weighted by atomic mass is 17.1. The average Bonchev–Trinajstić information content (AvgIpc) is 2.37. The van der Waals surface area contributed by atoms with Crippen molar-refractivity contribution >= 4 is 0 Å². The quantitative estimate of drug-likeness (QED) is 0.262. The summed E-state index contributed by atoms with van der Waals surface area (Å²) < 4.78 is 5.47. The fourth-order valence-electron chi connectivity index (χ4n) is 1.35. The molecule has 0 atom stereocenters. The zero-order valence-corrected chi connectivity index (χ0v) is 11.1. The Morgan fingerprint density at radius 3 is 2.41 bits per heavy atom. The maximum Gasteiger partial charge on any atom is 0.173 e.